The Morgan fingerprint density at radius 2 is 1.94 bits per heavy atom. The first kappa shape index (κ1) is 22.5. The number of aryl methyl sites for hydroxylation is 1. The van der Waals surface area contributed by atoms with Gasteiger partial charge in [-0.05, 0) is 55.2 Å². The van der Waals surface area contributed by atoms with Gasteiger partial charge in [0.2, 0.25) is 10.0 Å². The quantitative estimate of drug-likeness (QED) is 0.367. The smallest absolute Gasteiger partial charge is 0.232 e. The third kappa shape index (κ3) is 4.71. The lowest BCUT2D eigenvalue weighted by Crippen LogP contribution is -2.34. The van der Waals surface area contributed by atoms with Gasteiger partial charge in [0.05, 0.1) is 17.7 Å². The van der Waals surface area contributed by atoms with Crippen LogP contribution in [0.15, 0.2) is 47.9 Å². The van der Waals surface area contributed by atoms with Crippen LogP contribution >= 0.6 is 11.8 Å². The van der Waals surface area contributed by atoms with Crippen LogP contribution in [0.5, 0.6) is 0 Å². The Balaban J connectivity index is 1.52. The lowest BCUT2D eigenvalue weighted by atomic mass is 9.99. The largest absolute Gasteiger partial charge is 0.302 e. The van der Waals surface area contributed by atoms with Crippen molar-refractivity contribution in [2.45, 2.75) is 37.9 Å². The molecule has 32 heavy (non-hydrogen) atoms. The van der Waals surface area contributed by atoms with E-state index in [0.29, 0.717) is 23.0 Å². The van der Waals surface area contributed by atoms with E-state index in [-0.39, 0.29) is 11.5 Å². The number of ketones is 1. The first-order valence-electron chi connectivity index (χ1n) is 10.5. The van der Waals surface area contributed by atoms with E-state index in [4.69, 9.17) is 0 Å². The number of thioether (sulfide) groups is 1. The highest BCUT2D eigenvalue weighted by atomic mass is 32.2. The third-order valence-corrected chi connectivity index (χ3v) is 7.46. The maximum Gasteiger partial charge on any atom is 0.232 e. The number of hydrogen-bond acceptors (Lipinski definition) is 7. The zero-order valence-corrected chi connectivity index (χ0v) is 19.7. The number of rotatable bonds is 8. The molecule has 1 aliphatic rings. The number of benzene rings is 1. The van der Waals surface area contributed by atoms with E-state index in [1.54, 1.807) is 24.5 Å². The number of anilines is 1. The van der Waals surface area contributed by atoms with Gasteiger partial charge in [-0.25, -0.2) is 8.42 Å². The Bertz CT molecular complexity index is 1230. The Labute approximate surface area is 192 Å². The standard InChI is InChI=1S/C22H25N5O3S2/c1-3-12-26-21(16-8-10-23-11-9-16)24-25-22(26)31-15-20(28)18-6-7-19-17(14-18)5-4-13-27(19)32(2,29)30/h6-11,14H,3-5,12-13,15H2,1-2H3. The second kappa shape index (κ2) is 9.41. The van der Waals surface area contributed by atoms with Crippen molar-refractivity contribution in [2.75, 3.05) is 22.9 Å². The molecule has 0 N–H and O–H groups in total. The van der Waals surface area contributed by atoms with Crippen molar-refractivity contribution in [1.82, 2.24) is 19.7 Å². The summed E-state index contributed by atoms with van der Waals surface area (Å²) in [6.07, 6.45) is 7.07. The van der Waals surface area contributed by atoms with E-state index in [1.165, 1.54) is 22.3 Å². The fourth-order valence-electron chi connectivity index (χ4n) is 3.83. The highest BCUT2D eigenvalue weighted by molar-refractivity contribution is 7.99. The van der Waals surface area contributed by atoms with E-state index in [2.05, 4.69) is 22.1 Å². The minimum atomic E-state index is -3.33. The number of aromatic nitrogens is 4. The molecule has 1 aliphatic heterocycles. The number of sulfonamides is 1. The normalized spacial score (nSPS) is 13.8. The number of hydrogen-bond donors (Lipinski definition) is 0. The van der Waals surface area contributed by atoms with E-state index in [0.717, 1.165) is 42.8 Å². The maximum atomic E-state index is 12.9. The predicted molar refractivity (Wildman–Crippen MR) is 126 cm³/mol. The SMILES string of the molecule is CCCn1c(SCC(=O)c2ccc3c(c2)CCCN3S(C)(=O)=O)nnc1-c1ccncc1. The number of pyridine rings is 1. The number of carbonyl (C=O) groups excluding carboxylic acids is 1. The molecule has 4 rings (SSSR count). The van der Waals surface area contributed by atoms with Gasteiger partial charge in [0.1, 0.15) is 0 Å². The van der Waals surface area contributed by atoms with Crippen LogP contribution in [0.1, 0.15) is 35.7 Å². The molecule has 8 nitrogen and oxygen atoms in total. The van der Waals surface area contributed by atoms with E-state index >= 15 is 0 Å². The monoisotopic (exact) mass is 471 g/mol. The molecular formula is C22H25N5O3S2. The summed E-state index contributed by atoms with van der Waals surface area (Å²) in [5.74, 6) is 0.969. The van der Waals surface area contributed by atoms with Crippen LogP contribution in [0.3, 0.4) is 0 Å². The summed E-state index contributed by atoms with van der Waals surface area (Å²) in [5.41, 5.74) is 3.09. The fraction of sp³-hybridized carbons (Fsp3) is 0.364. The molecular weight excluding hydrogens is 446 g/mol. The lowest BCUT2D eigenvalue weighted by Gasteiger charge is -2.29. The van der Waals surface area contributed by atoms with Gasteiger partial charge >= 0.3 is 0 Å². The molecule has 10 heteroatoms. The molecule has 0 atom stereocenters. The van der Waals surface area contributed by atoms with Gasteiger partial charge in [-0.2, -0.15) is 0 Å². The number of nitrogens with zero attached hydrogens (tertiary/aromatic N) is 5. The number of Topliss-reactive ketones (excluding diaryl/α,β-unsaturated/α-hetero) is 1. The van der Waals surface area contributed by atoms with Crippen molar-refractivity contribution in [2.24, 2.45) is 0 Å². The van der Waals surface area contributed by atoms with E-state index < -0.39 is 10.0 Å². The number of carbonyl (C=O) groups is 1. The maximum absolute atomic E-state index is 12.9. The van der Waals surface area contributed by atoms with Crippen LogP contribution in [0.2, 0.25) is 0 Å². The second-order valence-corrected chi connectivity index (χ2v) is 10.5. The van der Waals surface area contributed by atoms with Gasteiger partial charge < -0.3 is 4.57 Å². The minimum Gasteiger partial charge on any atom is -0.302 e. The van der Waals surface area contributed by atoms with Crippen LogP contribution in [-0.2, 0) is 23.0 Å². The van der Waals surface area contributed by atoms with Crippen LogP contribution in [0, 0.1) is 0 Å². The van der Waals surface area contributed by atoms with Gasteiger partial charge in [-0.1, -0.05) is 18.7 Å². The molecule has 0 amide bonds. The molecule has 0 unspecified atom stereocenters. The molecule has 0 spiro atoms. The Morgan fingerprint density at radius 1 is 1.16 bits per heavy atom. The minimum absolute atomic E-state index is 0.0224. The molecule has 3 heterocycles. The molecule has 0 saturated heterocycles. The van der Waals surface area contributed by atoms with Crippen LogP contribution < -0.4 is 4.31 Å². The van der Waals surface area contributed by atoms with Crippen LogP contribution in [0.4, 0.5) is 5.69 Å². The zero-order valence-electron chi connectivity index (χ0n) is 18.1. The summed E-state index contributed by atoms with van der Waals surface area (Å²) >= 11 is 1.37. The third-order valence-electron chi connectivity index (χ3n) is 5.31. The summed E-state index contributed by atoms with van der Waals surface area (Å²) in [4.78, 5) is 17.0. The Kier molecular flexibility index (Phi) is 6.61. The highest BCUT2D eigenvalue weighted by Crippen LogP contribution is 2.31. The molecule has 2 aromatic heterocycles. The van der Waals surface area contributed by atoms with Crippen molar-refractivity contribution in [1.29, 1.82) is 0 Å². The summed E-state index contributed by atoms with van der Waals surface area (Å²) in [7, 11) is -3.33. The predicted octanol–water partition coefficient (Wildman–Crippen LogP) is 3.44. The van der Waals surface area contributed by atoms with Crippen LogP contribution in [0.25, 0.3) is 11.4 Å². The van der Waals surface area contributed by atoms with Gasteiger partial charge in [-0.3, -0.25) is 14.1 Å². The molecule has 168 valence electrons. The molecule has 0 bridgehead atoms. The van der Waals surface area contributed by atoms with Crippen molar-refractivity contribution >= 4 is 33.3 Å². The average Bonchev–Trinajstić information content (AvgIpc) is 3.19. The summed E-state index contributed by atoms with van der Waals surface area (Å²) < 4.78 is 27.6. The molecule has 0 saturated carbocycles. The Hall–Kier alpha value is -2.72. The summed E-state index contributed by atoms with van der Waals surface area (Å²) in [6, 6.07) is 9.07. The van der Waals surface area contributed by atoms with Crippen molar-refractivity contribution in [3.63, 3.8) is 0 Å². The fourth-order valence-corrected chi connectivity index (χ4v) is 5.68. The van der Waals surface area contributed by atoms with Crippen molar-refractivity contribution in [3.8, 4) is 11.4 Å². The first-order chi connectivity index (χ1) is 15.4. The van der Waals surface area contributed by atoms with Gasteiger partial charge in [0.15, 0.2) is 16.8 Å². The van der Waals surface area contributed by atoms with Gasteiger partial charge in [0.25, 0.3) is 0 Å². The molecule has 0 radical (unpaired) electrons. The topological polar surface area (TPSA) is 98.1 Å². The van der Waals surface area contributed by atoms with E-state index in [9.17, 15) is 13.2 Å². The molecule has 3 aromatic rings. The molecule has 0 fully saturated rings. The Morgan fingerprint density at radius 3 is 2.66 bits per heavy atom. The van der Waals surface area contributed by atoms with E-state index in [1.807, 2.05) is 22.8 Å². The zero-order chi connectivity index (χ0) is 22.7. The first-order valence-corrected chi connectivity index (χ1v) is 13.3. The highest BCUT2D eigenvalue weighted by Gasteiger charge is 2.25. The summed E-state index contributed by atoms with van der Waals surface area (Å²) in [6.45, 7) is 3.31. The van der Waals surface area contributed by atoms with Gasteiger partial charge in [-0.15, -0.1) is 10.2 Å². The second-order valence-electron chi connectivity index (χ2n) is 7.69. The molecule has 0 aliphatic carbocycles. The molecule has 1 aromatic carbocycles. The average molecular weight is 472 g/mol. The van der Waals surface area contributed by atoms with Crippen molar-refractivity contribution in [3.05, 3.63) is 53.9 Å². The van der Waals surface area contributed by atoms with Crippen LogP contribution in [-0.4, -0.2) is 52.5 Å². The summed E-state index contributed by atoms with van der Waals surface area (Å²) in [5, 5.41) is 9.35. The number of fused-ring (bicyclic) bond motifs is 1. The van der Waals surface area contributed by atoms with Gasteiger partial charge in [0, 0.05) is 36.6 Å². The van der Waals surface area contributed by atoms with Crippen molar-refractivity contribution < 1.29 is 13.2 Å². The lowest BCUT2D eigenvalue weighted by molar-refractivity contribution is 0.102.